The lowest BCUT2D eigenvalue weighted by Gasteiger charge is -2.36. The van der Waals surface area contributed by atoms with Crippen LogP contribution in [0, 0.1) is 6.92 Å². The van der Waals surface area contributed by atoms with Gasteiger partial charge in [0.1, 0.15) is 5.52 Å². The fraction of sp³-hybridized carbons (Fsp3) is 0.533. The Labute approximate surface area is 123 Å². The number of carbonyl (C=O) groups is 1. The van der Waals surface area contributed by atoms with Crippen molar-refractivity contribution in [2.75, 3.05) is 18.6 Å². The largest absolute Gasteiger partial charge is 0.469 e. The molecule has 3 rings (SSSR count). The molecule has 2 aromatic rings. The molecule has 1 aliphatic heterocycles. The molecule has 2 aromatic heterocycles. The molecule has 1 unspecified atom stereocenters. The third-order valence-electron chi connectivity index (χ3n) is 4.02. The predicted molar refractivity (Wildman–Crippen MR) is 79.3 cm³/mol. The molecule has 3 heterocycles. The lowest BCUT2D eigenvalue weighted by molar-refractivity contribution is -0.141. The van der Waals surface area contributed by atoms with Crippen LogP contribution < -0.4 is 4.90 Å². The minimum Gasteiger partial charge on any atom is -0.469 e. The molecule has 112 valence electrons. The minimum absolute atomic E-state index is 0.153. The van der Waals surface area contributed by atoms with Crippen LogP contribution in [0.1, 0.15) is 31.4 Å². The maximum Gasteiger partial charge on any atom is 0.307 e. The zero-order valence-corrected chi connectivity index (χ0v) is 12.5. The fourth-order valence-electron chi connectivity index (χ4n) is 3.02. The molecule has 0 amide bonds. The van der Waals surface area contributed by atoms with Crippen molar-refractivity contribution in [2.24, 2.45) is 0 Å². The highest BCUT2D eigenvalue weighted by molar-refractivity contribution is 5.73. The van der Waals surface area contributed by atoms with Gasteiger partial charge in [-0.2, -0.15) is 5.10 Å². The van der Waals surface area contributed by atoms with Crippen molar-refractivity contribution >= 4 is 17.3 Å². The Morgan fingerprint density at radius 3 is 3.14 bits per heavy atom. The van der Waals surface area contributed by atoms with Crippen LogP contribution >= 0.6 is 0 Å². The second-order valence-electron chi connectivity index (χ2n) is 5.49. The van der Waals surface area contributed by atoms with Crippen LogP contribution in [0.25, 0.3) is 5.52 Å². The number of anilines is 1. The number of aryl methyl sites for hydroxylation is 1. The van der Waals surface area contributed by atoms with Gasteiger partial charge in [-0.15, -0.1) is 0 Å². The van der Waals surface area contributed by atoms with Gasteiger partial charge in [0, 0.05) is 25.0 Å². The summed E-state index contributed by atoms with van der Waals surface area (Å²) in [5, 5.41) is 4.43. The number of ether oxygens (including phenoxy) is 1. The molecule has 0 bridgehead atoms. The molecule has 1 fully saturated rings. The lowest BCUT2D eigenvalue weighted by Crippen LogP contribution is -2.41. The summed E-state index contributed by atoms with van der Waals surface area (Å²) in [7, 11) is 1.44. The van der Waals surface area contributed by atoms with Gasteiger partial charge < -0.3 is 9.64 Å². The molecule has 21 heavy (non-hydrogen) atoms. The molecule has 0 saturated carbocycles. The van der Waals surface area contributed by atoms with Crippen LogP contribution in [-0.4, -0.2) is 40.3 Å². The summed E-state index contributed by atoms with van der Waals surface area (Å²) >= 11 is 0. The second kappa shape index (κ2) is 5.71. The molecule has 1 aliphatic rings. The Morgan fingerprint density at radius 1 is 1.48 bits per heavy atom. The van der Waals surface area contributed by atoms with Gasteiger partial charge in [0.15, 0.2) is 5.82 Å². The number of rotatable bonds is 3. The number of nitrogens with zero attached hydrogens (tertiary/aromatic N) is 4. The van der Waals surface area contributed by atoms with Gasteiger partial charge in [-0.05, 0) is 32.3 Å². The summed E-state index contributed by atoms with van der Waals surface area (Å²) in [6, 6.07) is 2.19. The van der Waals surface area contributed by atoms with Crippen molar-refractivity contribution in [3.05, 3.63) is 24.2 Å². The van der Waals surface area contributed by atoms with Crippen LogP contribution in [0.2, 0.25) is 0 Å². The summed E-state index contributed by atoms with van der Waals surface area (Å²) in [6.45, 7) is 2.89. The number of aromatic nitrogens is 3. The normalized spacial score (nSPS) is 19.0. The molecule has 0 aliphatic carbocycles. The lowest BCUT2D eigenvalue weighted by atomic mass is 9.99. The fourth-order valence-corrected chi connectivity index (χ4v) is 3.02. The van der Waals surface area contributed by atoms with Crippen molar-refractivity contribution in [1.82, 2.24) is 14.6 Å². The van der Waals surface area contributed by atoms with Crippen molar-refractivity contribution in [3.8, 4) is 0 Å². The Balaban J connectivity index is 1.96. The van der Waals surface area contributed by atoms with E-state index in [1.165, 1.54) is 7.11 Å². The minimum atomic E-state index is -0.163. The number of fused-ring (bicyclic) bond motifs is 1. The standard InChI is InChI=1S/C15H20N4O2/c1-11-9-13-15(16-6-8-19(13)17-11)18-7-4-3-5-12(18)10-14(20)21-2/h6,8-9,12H,3-5,7,10H2,1-2H3. The third-order valence-corrected chi connectivity index (χ3v) is 4.02. The molecule has 0 aromatic carbocycles. The Kier molecular flexibility index (Phi) is 3.77. The van der Waals surface area contributed by atoms with Crippen LogP contribution in [-0.2, 0) is 9.53 Å². The number of hydrogen-bond donors (Lipinski definition) is 0. The van der Waals surface area contributed by atoms with E-state index in [-0.39, 0.29) is 12.0 Å². The molecule has 1 saturated heterocycles. The molecule has 6 heteroatoms. The van der Waals surface area contributed by atoms with Crippen LogP contribution in [0.5, 0.6) is 0 Å². The summed E-state index contributed by atoms with van der Waals surface area (Å²) in [4.78, 5) is 18.4. The number of hydrogen-bond acceptors (Lipinski definition) is 5. The van der Waals surface area contributed by atoms with E-state index in [1.54, 1.807) is 6.20 Å². The summed E-state index contributed by atoms with van der Waals surface area (Å²) in [6.07, 6.45) is 7.27. The molecule has 0 spiro atoms. The first-order valence-corrected chi connectivity index (χ1v) is 7.33. The van der Waals surface area contributed by atoms with E-state index in [0.29, 0.717) is 6.42 Å². The maximum atomic E-state index is 11.6. The molecular formula is C15H20N4O2. The van der Waals surface area contributed by atoms with Crippen molar-refractivity contribution < 1.29 is 9.53 Å². The van der Waals surface area contributed by atoms with Gasteiger partial charge in [0.05, 0.1) is 19.2 Å². The van der Waals surface area contributed by atoms with Gasteiger partial charge >= 0.3 is 5.97 Å². The maximum absolute atomic E-state index is 11.6. The van der Waals surface area contributed by atoms with E-state index >= 15 is 0 Å². The topological polar surface area (TPSA) is 59.7 Å². The Bertz CT molecular complexity index is 652. The zero-order chi connectivity index (χ0) is 14.8. The number of piperidine rings is 1. The SMILES string of the molecule is COC(=O)CC1CCCCN1c1nccn2nc(C)cc12. The van der Waals surface area contributed by atoms with E-state index in [1.807, 2.05) is 23.7 Å². The Hall–Kier alpha value is -2.11. The van der Waals surface area contributed by atoms with E-state index in [9.17, 15) is 4.79 Å². The smallest absolute Gasteiger partial charge is 0.307 e. The molecular weight excluding hydrogens is 268 g/mol. The molecule has 0 radical (unpaired) electrons. The van der Waals surface area contributed by atoms with Gasteiger partial charge in [-0.25, -0.2) is 9.50 Å². The highest BCUT2D eigenvalue weighted by Gasteiger charge is 2.27. The average Bonchev–Trinajstić information content (AvgIpc) is 2.88. The first kappa shape index (κ1) is 13.9. The van der Waals surface area contributed by atoms with Crippen LogP contribution in [0.3, 0.4) is 0 Å². The summed E-state index contributed by atoms with van der Waals surface area (Å²) in [5.41, 5.74) is 1.96. The van der Waals surface area contributed by atoms with E-state index in [0.717, 1.165) is 42.8 Å². The van der Waals surface area contributed by atoms with Gasteiger partial charge in [0.25, 0.3) is 0 Å². The van der Waals surface area contributed by atoms with Crippen LogP contribution in [0.15, 0.2) is 18.5 Å². The number of esters is 1. The first-order chi connectivity index (χ1) is 10.2. The van der Waals surface area contributed by atoms with Gasteiger partial charge in [-0.1, -0.05) is 0 Å². The highest BCUT2D eigenvalue weighted by atomic mass is 16.5. The first-order valence-electron chi connectivity index (χ1n) is 7.33. The molecule has 1 atom stereocenters. The predicted octanol–water partition coefficient (Wildman–Crippen LogP) is 1.96. The van der Waals surface area contributed by atoms with Crippen LogP contribution in [0.4, 0.5) is 5.82 Å². The molecule has 6 nitrogen and oxygen atoms in total. The van der Waals surface area contributed by atoms with Crippen molar-refractivity contribution in [1.29, 1.82) is 0 Å². The summed E-state index contributed by atoms with van der Waals surface area (Å²) < 4.78 is 6.67. The molecule has 0 N–H and O–H groups in total. The number of methoxy groups -OCH3 is 1. The zero-order valence-electron chi connectivity index (χ0n) is 12.5. The third kappa shape index (κ3) is 2.70. The van der Waals surface area contributed by atoms with Gasteiger partial charge in [0.2, 0.25) is 0 Å². The van der Waals surface area contributed by atoms with Crippen molar-refractivity contribution in [3.63, 3.8) is 0 Å². The number of carbonyl (C=O) groups excluding carboxylic acids is 1. The van der Waals surface area contributed by atoms with E-state index in [2.05, 4.69) is 15.0 Å². The van der Waals surface area contributed by atoms with Gasteiger partial charge in [-0.3, -0.25) is 4.79 Å². The van der Waals surface area contributed by atoms with E-state index < -0.39 is 0 Å². The highest BCUT2D eigenvalue weighted by Crippen LogP contribution is 2.28. The van der Waals surface area contributed by atoms with Crippen molar-refractivity contribution in [2.45, 2.75) is 38.6 Å². The second-order valence-corrected chi connectivity index (χ2v) is 5.49. The Morgan fingerprint density at radius 2 is 2.33 bits per heavy atom. The summed E-state index contributed by atoms with van der Waals surface area (Å²) in [5.74, 6) is 0.746. The monoisotopic (exact) mass is 288 g/mol. The quantitative estimate of drug-likeness (QED) is 0.808. The van der Waals surface area contributed by atoms with E-state index in [4.69, 9.17) is 4.74 Å². The average molecular weight is 288 g/mol.